The molecule has 0 spiro atoms. The maximum atomic E-state index is 11.3. The molecule has 0 saturated carbocycles. The summed E-state index contributed by atoms with van der Waals surface area (Å²) in [5, 5.41) is 0.228. The Morgan fingerprint density at radius 2 is 1.94 bits per heavy atom. The summed E-state index contributed by atoms with van der Waals surface area (Å²) >= 11 is 0. The lowest BCUT2D eigenvalue weighted by Crippen LogP contribution is -2.47. The van der Waals surface area contributed by atoms with Gasteiger partial charge in [0, 0.05) is 11.8 Å². The molecule has 0 aromatic heterocycles. The zero-order valence-corrected chi connectivity index (χ0v) is 14.0. The van der Waals surface area contributed by atoms with E-state index in [4.69, 9.17) is 4.43 Å². The Morgan fingerprint density at radius 1 is 1.39 bits per heavy atom. The van der Waals surface area contributed by atoms with Crippen molar-refractivity contribution in [3.8, 4) is 0 Å². The summed E-state index contributed by atoms with van der Waals surface area (Å²) < 4.78 is 6.46. The van der Waals surface area contributed by atoms with Gasteiger partial charge >= 0.3 is 0 Å². The normalized spacial score (nSPS) is 27.4. The van der Waals surface area contributed by atoms with Crippen molar-refractivity contribution in [3.63, 3.8) is 0 Å². The first-order chi connectivity index (χ1) is 7.98. The van der Waals surface area contributed by atoms with Gasteiger partial charge in [-0.1, -0.05) is 33.8 Å². The van der Waals surface area contributed by atoms with Gasteiger partial charge in [0.05, 0.1) is 6.10 Å². The van der Waals surface area contributed by atoms with E-state index in [9.17, 15) is 4.79 Å². The number of rotatable bonds is 3. The quantitative estimate of drug-likeness (QED) is 0.712. The van der Waals surface area contributed by atoms with Crippen LogP contribution in [0.15, 0.2) is 12.2 Å². The zero-order valence-electron chi connectivity index (χ0n) is 13.0. The van der Waals surface area contributed by atoms with Crippen LogP contribution in [0, 0.1) is 5.41 Å². The third-order valence-corrected chi connectivity index (χ3v) is 9.32. The van der Waals surface area contributed by atoms with Crippen LogP contribution in [0.5, 0.6) is 0 Å². The van der Waals surface area contributed by atoms with E-state index in [0.29, 0.717) is 6.42 Å². The van der Waals surface area contributed by atoms with E-state index >= 15 is 0 Å². The SMILES string of the molecule is CC(O[Si](C)(C)C(C)(C)C)C1(C)C=CC(=O)CC1. The Hall–Kier alpha value is -0.413. The lowest BCUT2D eigenvalue weighted by molar-refractivity contribution is -0.116. The fourth-order valence-electron chi connectivity index (χ4n) is 1.93. The summed E-state index contributed by atoms with van der Waals surface area (Å²) in [6.45, 7) is 15.7. The Bertz CT molecular complexity index is 352. The topological polar surface area (TPSA) is 26.3 Å². The van der Waals surface area contributed by atoms with Crippen LogP contribution in [-0.2, 0) is 9.22 Å². The van der Waals surface area contributed by atoms with Crippen LogP contribution in [0.3, 0.4) is 0 Å². The first kappa shape index (κ1) is 15.6. The molecule has 3 heteroatoms. The van der Waals surface area contributed by atoms with Gasteiger partial charge in [-0.25, -0.2) is 0 Å². The Labute approximate surface area is 113 Å². The monoisotopic (exact) mass is 268 g/mol. The second kappa shape index (κ2) is 4.93. The number of allylic oxidation sites excluding steroid dienone is 1. The molecular formula is C15H28O2Si. The summed E-state index contributed by atoms with van der Waals surface area (Å²) in [4.78, 5) is 11.3. The first-order valence-corrected chi connectivity index (χ1v) is 9.79. The Kier molecular flexibility index (Phi) is 4.29. The van der Waals surface area contributed by atoms with Gasteiger partial charge in [-0.2, -0.15) is 0 Å². The van der Waals surface area contributed by atoms with Gasteiger partial charge in [-0.3, -0.25) is 4.79 Å². The molecule has 2 atom stereocenters. The molecule has 0 fully saturated rings. The van der Waals surface area contributed by atoms with E-state index < -0.39 is 8.32 Å². The number of hydrogen-bond donors (Lipinski definition) is 0. The number of hydrogen-bond acceptors (Lipinski definition) is 2. The highest BCUT2D eigenvalue weighted by atomic mass is 28.4. The highest BCUT2D eigenvalue weighted by Gasteiger charge is 2.42. The molecule has 0 aromatic rings. The first-order valence-electron chi connectivity index (χ1n) is 6.88. The molecule has 2 unspecified atom stereocenters. The molecule has 0 N–H and O–H groups in total. The maximum absolute atomic E-state index is 11.3. The van der Waals surface area contributed by atoms with Gasteiger partial charge in [0.25, 0.3) is 0 Å². The lowest BCUT2D eigenvalue weighted by atomic mass is 9.76. The van der Waals surface area contributed by atoms with Gasteiger partial charge in [-0.15, -0.1) is 0 Å². The standard InChI is InChI=1S/C15H28O2Si/c1-12(17-18(6,7)14(2,3)4)15(5)10-8-13(16)9-11-15/h8,10,12H,9,11H2,1-7H3. The van der Waals surface area contributed by atoms with E-state index in [1.54, 1.807) is 6.08 Å². The molecule has 0 radical (unpaired) electrons. The fraction of sp³-hybridized carbons (Fsp3) is 0.800. The summed E-state index contributed by atoms with van der Waals surface area (Å²) in [6, 6.07) is 0. The zero-order chi connectivity index (χ0) is 14.2. The molecule has 0 aromatic carbocycles. The average Bonchev–Trinajstić information content (AvgIpc) is 2.20. The summed E-state index contributed by atoms with van der Waals surface area (Å²) in [7, 11) is -1.73. The predicted octanol–water partition coefficient (Wildman–Crippen LogP) is 4.32. The van der Waals surface area contributed by atoms with Crippen molar-refractivity contribution in [2.24, 2.45) is 5.41 Å². The second-order valence-corrected chi connectivity index (χ2v) is 12.1. The van der Waals surface area contributed by atoms with Crippen LogP contribution < -0.4 is 0 Å². The van der Waals surface area contributed by atoms with Crippen molar-refractivity contribution >= 4 is 14.1 Å². The van der Waals surface area contributed by atoms with E-state index in [2.05, 4.69) is 53.8 Å². The lowest BCUT2D eigenvalue weighted by Gasteiger charge is -2.44. The van der Waals surface area contributed by atoms with Crippen LogP contribution in [0.25, 0.3) is 0 Å². The number of carbonyl (C=O) groups excluding carboxylic acids is 1. The van der Waals surface area contributed by atoms with Crippen LogP contribution in [-0.4, -0.2) is 20.2 Å². The van der Waals surface area contributed by atoms with Crippen molar-refractivity contribution in [1.82, 2.24) is 0 Å². The van der Waals surface area contributed by atoms with E-state index in [1.165, 1.54) is 0 Å². The summed E-state index contributed by atoms with van der Waals surface area (Å²) in [5.74, 6) is 0.243. The highest BCUT2D eigenvalue weighted by molar-refractivity contribution is 6.74. The molecular weight excluding hydrogens is 240 g/mol. The fourth-order valence-corrected chi connectivity index (χ4v) is 3.44. The molecule has 0 aliphatic heterocycles. The van der Waals surface area contributed by atoms with Crippen molar-refractivity contribution in [1.29, 1.82) is 0 Å². The van der Waals surface area contributed by atoms with Gasteiger partial charge < -0.3 is 4.43 Å². The molecule has 0 saturated heterocycles. The van der Waals surface area contributed by atoms with E-state index in [1.807, 2.05) is 0 Å². The molecule has 1 aliphatic rings. The van der Waals surface area contributed by atoms with Gasteiger partial charge in [0.2, 0.25) is 0 Å². The van der Waals surface area contributed by atoms with E-state index in [-0.39, 0.29) is 22.3 Å². The van der Waals surface area contributed by atoms with E-state index in [0.717, 1.165) is 6.42 Å². The smallest absolute Gasteiger partial charge is 0.192 e. The van der Waals surface area contributed by atoms with Crippen molar-refractivity contribution in [3.05, 3.63) is 12.2 Å². The highest BCUT2D eigenvalue weighted by Crippen LogP contribution is 2.42. The van der Waals surface area contributed by atoms with Crippen LogP contribution in [0.4, 0.5) is 0 Å². The van der Waals surface area contributed by atoms with Crippen molar-refractivity contribution < 1.29 is 9.22 Å². The Balaban J connectivity index is 2.80. The van der Waals surface area contributed by atoms with Crippen LogP contribution in [0.1, 0.15) is 47.5 Å². The van der Waals surface area contributed by atoms with Crippen molar-refractivity contribution in [2.75, 3.05) is 0 Å². The number of ketones is 1. The Morgan fingerprint density at radius 3 is 2.33 bits per heavy atom. The van der Waals surface area contributed by atoms with Crippen molar-refractivity contribution in [2.45, 2.75) is 71.7 Å². The second-order valence-electron chi connectivity index (χ2n) is 7.33. The third-order valence-electron chi connectivity index (χ3n) is 4.77. The minimum absolute atomic E-state index is 0.00340. The maximum Gasteiger partial charge on any atom is 0.192 e. The van der Waals surface area contributed by atoms with Gasteiger partial charge in [0.15, 0.2) is 14.1 Å². The molecule has 2 nitrogen and oxygen atoms in total. The van der Waals surface area contributed by atoms with Crippen LogP contribution in [0.2, 0.25) is 18.1 Å². The molecule has 1 aliphatic carbocycles. The molecule has 104 valence electrons. The van der Waals surface area contributed by atoms with Gasteiger partial charge in [-0.05, 0) is 37.6 Å². The largest absolute Gasteiger partial charge is 0.413 e. The molecule has 0 bridgehead atoms. The molecule has 18 heavy (non-hydrogen) atoms. The summed E-state index contributed by atoms with van der Waals surface area (Å²) in [5.41, 5.74) is 0.00340. The third kappa shape index (κ3) is 3.32. The minimum atomic E-state index is -1.73. The van der Waals surface area contributed by atoms with Gasteiger partial charge in [0.1, 0.15) is 0 Å². The number of carbonyl (C=O) groups is 1. The summed E-state index contributed by atoms with van der Waals surface area (Å²) in [6.07, 6.45) is 5.50. The molecule has 1 rings (SSSR count). The minimum Gasteiger partial charge on any atom is -0.413 e. The molecule has 0 heterocycles. The predicted molar refractivity (Wildman–Crippen MR) is 79.2 cm³/mol. The average molecular weight is 268 g/mol. The molecule has 0 amide bonds. The van der Waals surface area contributed by atoms with Crippen LogP contribution >= 0.6 is 0 Å².